The maximum Gasteiger partial charge on any atom is 0.0817 e. The Morgan fingerprint density at radius 1 is 1.70 bits per heavy atom. The number of hydrogen-bond acceptors (Lipinski definition) is 3. The second-order valence-corrected chi connectivity index (χ2v) is 4.21. The topological polar surface area (TPSA) is 21.3 Å². The summed E-state index contributed by atoms with van der Waals surface area (Å²) in [5.74, 6) is 0.736. The summed E-state index contributed by atoms with van der Waals surface area (Å²) in [6, 6.07) is 0. The molecule has 0 saturated carbocycles. The molecule has 0 aliphatic carbocycles. The molecule has 2 nitrogen and oxygen atoms in total. The van der Waals surface area contributed by atoms with Crippen LogP contribution in [-0.4, -0.2) is 12.1 Å². The van der Waals surface area contributed by atoms with E-state index in [2.05, 4.69) is 25.5 Å². The molecule has 1 saturated heterocycles. The standard InChI is InChI=1S/C7H15NOS/c1-6(2)4-7(3)5-9-10-8-7/h6,8H,4-5H2,1-3H3. The molecule has 10 heavy (non-hydrogen) atoms. The Hall–Kier alpha value is 0.270. The minimum Gasteiger partial charge on any atom is -0.299 e. The zero-order chi connectivity index (χ0) is 7.61. The highest BCUT2D eigenvalue weighted by molar-refractivity contribution is 7.92. The molecular weight excluding hydrogens is 146 g/mol. The van der Waals surface area contributed by atoms with Crippen LogP contribution >= 0.6 is 12.2 Å². The zero-order valence-electron chi connectivity index (χ0n) is 6.81. The third-order valence-electron chi connectivity index (χ3n) is 1.58. The van der Waals surface area contributed by atoms with E-state index in [1.54, 1.807) is 0 Å². The third-order valence-corrected chi connectivity index (χ3v) is 2.40. The molecule has 1 unspecified atom stereocenters. The first kappa shape index (κ1) is 8.37. The largest absolute Gasteiger partial charge is 0.299 e. The first-order chi connectivity index (χ1) is 4.62. The van der Waals surface area contributed by atoms with Crippen LogP contribution in [0.25, 0.3) is 0 Å². The molecule has 0 radical (unpaired) electrons. The van der Waals surface area contributed by atoms with Crippen LogP contribution in [-0.2, 0) is 4.18 Å². The minimum atomic E-state index is 0.207. The van der Waals surface area contributed by atoms with Gasteiger partial charge in [-0.05, 0) is 19.3 Å². The molecule has 0 aromatic carbocycles. The molecule has 3 heteroatoms. The van der Waals surface area contributed by atoms with Crippen molar-refractivity contribution < 1.29 is 4.18 Å². The highest BCUT2D eigenvalue weighted by Gasteiger charge is 2.30. The van der Waals surface area contributed by atoms with Gasteiger partial charge in [0.25, 0.3) is 0 Å². The van der Waals surface area contributed by atoms with Gasteiger partial charge in [-0.3, -0.25) is 4.18 Å². The number of rotatable bonds is 2. The van der Waals surface area contributed by atoms with Crippen LogP contribution in [0.5, 0.6) is 0 Å². The minimum absolute atomic E-state index is 0.207. The van der Waals surface area contributed by atoms with Crippen molar-refractivity contribution in [2.24, 2.45) is 5.92 Å². The Morgan fingerprint density at radius 3 is 2.80 bits per heavy atom. The Kier molecular flexibility index (Phi) is 2.61. The van der Waals surface area contributed by atoms with Crippen LogP contribution in [0, 0.1) is 5.92 Å². The average Bonchev–Trinajstić information content (AvgIpc) is 2.12. The maximum absolute atomic E-state index is 5.17. The lowest BCUT2D eigenvalue weighted by atomic mass is 9.93. The predicted octanol–water partition coefficient (Wildman–Crippen LogP) is 1.97. The van der Waals surface area contributed by atoms with Crippen molar-refractivity contribution in [1.29, 1.82) is 0 Å². The van der Waals surface area contributed by atoms with Crippen molar-refractivity contribution in [2.45, 2.75) is 32.7 Å². The highest BCUT2D eigenvalue weighted by Crippen LogP contribution is 2.26. The highest BCUT2D eigenvalue weighted by atomic mass is 32.2. The lowest BCUT2D eigenvalue weighted by molar-refractivity contribution is 0.260. The summed E-state index contributed by atoms with van der Waals surface area (Å²) in [6.07, 6.45) is 1.18. The van der Waals surface area contributed by atoms with Gasteiger partial charge in [-0.25, -0.2) is 4.72 Å². The van der Waals surface area contributed by atoms with Gasteiger partial charge in [0, 0.05) is 0 Å². The summed E-state index contributed by atoms with van der Waals surface area (Å²) < 4.78 is 8.43. The fourth-order valence-electron chi connectivity index (χ4n) is 1.32. The van der Waals surface area contributed by atoms with Gasteiger partial charge in [0.1, 0.15) is 0 Å². The predicted molar refractivity (Wildman–Crippen MR) is 44.5 cm³/mol. The SMILES string of the molecule is CC(C)CC1(C)COSN1. The molecule has 0 bridgehead atoms. The maximum atomic E-state index is 5.17. The van der Waals surface area contributed by atoms with Gasteiger partial charge in [-0.1, -0.05) is 13.8 Å². The first-order valence-corrected chi connectivity index (χ1v) is 4.42. The van der Waals surface area contributed by atoms with E-state index in [0.717, 1.165) is 12.5 Å². The molecule has 1 rings (SSSR count). The molecule has 1 fully saturated rings. The Labute approximate surface area is 67.1 Å². The molecule has 1 atom stereocenters. The van der Waals surface area contributed by atoms with Crippen molar-refractivity contribution >= 4 is 12.2 Å². The molecule has 0 aromatic heterocycles. The average molecular weight is 161 g/mol. The smallest absolute Gasteiger partial charge is 0.0817 e. The summed E-state index contributed by atoms with van der Waals surface area (Å²) >= 11 is 1.37. The summed E-state index contributed by atoms with van der Waals surface area (Å²) in [5, 5.41) is 0. The molecule has 0 spiro atoms. The number of nitrogens with one attached hydrogen (secondary N) is 1. The van der Waals surface area contributed by atoms with Crippen molar-refractivity contribution in [3.63, 3.8) is 0 Å². The van der Waals surface area contributed by atoms with E-state index in [9.17, 15) is 0 Å². The van der Waals surface area contributed by atoms with Gasteiger partial charge in [0.15, 0.2) is 0 Å². The van der Waals surface area contributed by atoms with E-state index in [1.165, 1.54) is 18.6 Å². The summed E-state index contributed by atoms with van der Waals surface area (Å²) in [7, 11) is 0. The second-order valence-electron chi connectivity index (χ2n) is 3.61. The molecule has 1 aliphatic heterocycles. The normalized spacial score (nSPS) is 33.6. The van der Waals surface area contributed by atoms with Crippen LogP contribution < -0.4 is 4.72 Å². The lowest BCUT2D eigenvalue weighted by Gasteiger charge is -2.22. The Balaban J connectivity index is 2.36. The molecule has 1 aliphatic rings. The van der Waals surface area contributed by atoms with E-state index < -0.39 is 0 Å². The van der Waals surface area contributed by atoms with Crippen LogP contribution in [0.4, 0.5) is 0 Å². The quantitative estimate of drug-likeness (QED) is 0.494. The third kappa shape index (κ3) is 2.15. The summed E-state index contributed by atoms with van der Waals surface area (Å²) in [5.41, 5.74) is 0.207. The monoisotopic (exact) mass is 161 g/mol. The second kappa shape index (κ2) is 3.11. The van der Waals surface area contributed by atoms with Gasteiger partial charge in [0.2, 0.25) is 0 Å². The van der Waals surface area contributed by atoms with E-state index in [-0.39, 0.29) is 5.54 Å². The van der Waals surface area contributed by atoms with Crippen molar-refractivity contribution in [1.82, 2.24) is 4.72 Å². The van der Waals surface area contributed by atoms with Crippen molar-refractivity contribution in [2.75, 3.05) is 6.61 Å². The first-order valence-electron chi connectivity index (χ1n) is 3.68. The van der Waals surface area contributed by atoms with E-state index >= 15 is 0 Å². The Bertz CT molecular complexity index is 110. The molecule has 60 valence electrons. The van der Waals surface area contributed by atoms with E-state index in [4.69, 9.17) is 4.18 Å². The van der Waals surface area contributed by atoms with Crippen molar-refractivity contribution in [3.8, 4) is 0 Å². The molecule has 1 N–H and O–H groups in total. The zero-order valence-corrected chi connectivity index (χ0v) is 7.62. The van der Waals surface area contributed by atoms with E-state index in [1.807, 2.05) is 0 Å². The summed E-state index contributed by atoms with van der Waals surface area (Å²) in [6.45, 7) is 7.49. The van der Waals surface area contributed by atoms with Gasteiger partial charge in [-0.2, -0.15) is 0 Å². The van der Waals surface area contributed by atoms with Crippen LogP contribution in [0.2, 0.25) is 0 Å². The Morgan fingerprint density at radius 2 is 2.40 bits per heavy atom. The molecule has 0 aromatic rings. The van der Waals surface area contributed by atoms with Gasteiger partial charge < -0.3 is 0 Å². The summed E-state index contributed by atoms with van der Waals surface area (Å²) in [4.78, 5) is 0. The molecule has 1 heterocycles. The van der Waals surface area contributed by atoms with Crippen LogP contribution in [0.1, 0.15) is 27.2 Å². The van der Waals surface area contributed by atoms with Crippen molar-refractivity contribution in [3.05, 3.63) is 0 Å². The van der Waals surface area contributed by atoms with E-state index in [0.29, 0.717) is 0 Å². The molecule has 0 amide bonds. The van der Waals surface area contributed by atoms with Gasteiger partial charge >= 0.3 is 0 Å². The molecular formula is C7H15NOS. The van der Waals surface area contributed by atoms with Crippen LogP contribution in [0.3, 0.4) is 0 Å². The lowest BCUT2D eigenvalue weighted by Crippen LogP contribution is -2.37. The fraction of sp³-hybridized carbons (Fsp3) is 1.00. The van der Waals surface area contributed by atoms with Gasteiger partial charge in [0.05, 0.1) is 24.4 Å². The fourth-order valence-corrected chi connectivity index (χ4v) is 2.04. The van der Waals surface area contributed by atoms with Crippen LogP contribution in [0.15, 0.2) is 0 Å². The van der Waals surface area contributed by atoms with Gasteiger partial charge in [-0.15, -0.1) is 0 Å². The number of hydrogen-bond donors (Lipinski definition) is 1.